The number of aliphatic hydroxyl groups is 1. The Hall–Kier alpha value is -1.49. The molecule has 11 heteroatoms. The average molecular weight is 429 g/mol. The van der Waals surface area contributed by atoms with Crippen molar-refractivity contribution in [3.8, 4) is 0 Å². The molecule has 0 unspecified atom stereocenters. The van der Waals surface area contributed by atoms with Gasteiger partial charge in [0, 0.05) is 18.5 Å². The normalized spacial score (nSPS) is 25.6. The van der Waals surface area contributed by atoms with Gasteiger partial charge in [0.2, 0.25) is 16.0 Å². The van der Waals surface area contributed by atoms with Crippen molar-refractivity contribution in [3.05, 3.63) is 17.2 Å². The fourth-order valence-corrected chi connectivity index (χ4v) is 5.21. The van der Waals surface area contributed by atoms with Gasteiger partial charge in [0.05, 0.1) is 24.6 Å². The molecule has 1 aliphatic carbocycles. The zero-order valence-corrected chi connectivity index (χ0v) is 17.5. The molecule has 4 rings (SSSR count). The standard InChI is InChI=1S/C17H25ClN6O3S/c1-3-17(6-4-7-17)15-21-14(18)12-9-19-16(22-24(12)15)20-11-5-8-23(10-13(11)25)28(2,26)27/h9,11,13,25H,3-8,10H2,1-2H3,(H,20,22)/t11-,13+/m0/s1. The quantitative estimate of drug-likeness (QED) is 0.740. The molecule has 2 N–H and O–H groups in total. The van der Waals surface area contributed by atoms with Gasteiger partial charge in [0.25, 0.3) is 0 Å². The summed E-state index contributed by atoms with van der Waals surface area (Å²) in [6.45, 7) is 2.55. The molecule has 0 amide bonds. The fourth-order valence-electron chi connectivity index (χ4n) is 4.14. The molecule has 9 nitrogen and oxygen atoms in total. The summed E-state index contributed by atoms with van der Waals surface area (Å²) in [5, 5.41) is 18.5. The Morgan fingerprint density at radius 2 is 2.18 bits per heavy atom. The van der Waals surface area contributed by atoms with E-state index in [9.17, 15) is 13.5 Å². The van der Waals surface area contributed by atoms with Crippen LogP contribution >= 0.6 is 11.6 Å². The molecule has 1 saturated carbocycles. The summed E-state index contributed by atoms with van der Waals surface area (Å²) in [6, 6.07) is -0.332. The van der Waals surface area contributed by atoms with Crippen molar-refractivity contribution in [1.29, 1.82) is 0 Å². The number of hydrogen-bond acceptors (Lipinski definition) is 7. The van der Waals surface area contributed by atoms with Gasteiger partial charge >= 0.3 is 0 Å². The van der Waals surface area contributed by atoms with E-state index >= 15 is 0 Å². The maximum Gasteiger partial charge on any atom is 0.241 e. The summed E-state index contributed by atoms with van der Waals surface area (Å²) in [6.07, 6.45) is 6.67. The minimum atomic E-state index is -3.32. The first-order valence-corrected chi connectivity index (χ1v) is 11.8. The molecule has 2 fully saturated rings. The number of nitrogens with one attached hydrogen (secondary N) is 1. The molecule has 0 radical (unpaired) electrons. The van der Waals surface area contributed by atoms with Crippen molar-refractivity contribution < 1.29 is 13.5 Å². The fraction of sp³-hybridized carbons (Fsp3) is 0.706. The summed E-state index contributed by atoms with van der Waals surface area (Å²) in [4.78, 5) is 8.89. The monoisotopic (exact) mass is 428 g/mol. The van der Waals surface area contributed by atoms with Gasteiger partial charge in [0.1, 0.15) is 11.3 Å². The number of halogens is 1. The van der Waals surface area contributed by atoms with Gasteiger partial charge in [-0.05, 0) is 25.7 Å². The van der Waals surface area contributed by atoms with Gasteiger partial charge in [-0.2, -0.15) is 4.31 Å². The molecule has 0 bridgehead atoms. The Balaban J connectivity index is 1.59. The van der Waals surface area contributed by atoms with Crippen LogP contribution in [0.1, 0.15) is 44.9 Å². The topological polar surface area (TPSA) is 113 Å². The van der Waals surface area contributed by atoms with Crippen LogP contribution in [0.4, 0.5) is 5.95 Å². The third-order valence-electron chi connectivity index (χ3n) is 6.14. The first-order valence-electron chi connectivity index (χ1n) is 9.55. The van der Waals surface area contributed by atoms with Crippen molar-refractivity contribution in [2.75, 3.05) is 24.7 Å². The molecule has 3 heterocycles. The molecule has 0 spiro atoms. The van der Waals surface area contributed by atoms with E-state index in [2.05, 4.69) is 27.3 Å². The van der Waals surface area contributed by atoms with Crippen LogP contribution in [-0.4, -0.2) is 68.9 Å². The molecule has 0 aromatic carbocycles. The van der Waals surface area contributed by atoms with Crippen LogP contribution in [0.5, 0.6) is 0 Å². The molecule has 2 aliphatic rings. The van der Waals surface area contributed by atoms with E-state index in [0.717, 1.165) is 31.3 Å². The molecule has 2 aromatic rings. The van der Waals surface area contributed by atoms with Crippen LogP contribution in [0.25, 0.3) is 5.52 Å². The number of hydrogen-bond donors (Lipinski definition) is 2. The summed E-state index contributed by atoms with van der Waals surface area (Å²) in [5.41, 5.74) is 0.663. The highest BCUT2D eigenvalue weighted by atomic mass is 35.5. The third-order valence-corrected chi connectivity index (χ3v) is 7.69. The molecule has 1 aliphatic heterocycles. The Morgan fingerprint density at radius 1 is 1.43 bits per heavy atom. The third kappa shape index (κ3) is 3.36. The minimum absolute atomic E-state index is 0.00200. The van der Waals surface area contributed by atoms with Crippen LogP contribution in [-0.2, 0) is 15.4 Å². The Bertz CT molecular complexity index is 985. The molecule has 28 heavy (non-hydrogen) atoms. The van der Waals surface area contributed by atoms with Crippen molar-refractivity contribution in [2.24, 2.45) is 0 Å². The van der Waals surface area contributed by atoms with E-state index in [1.165, 1.54) is 10.7 Å². The maximum absolute atomic E-state index is 11.7. The van der Waals surface area contributed by atoms with Crippen LogP contribution in [0, 0.1) is 0 Å². The summed E-state index contributed by atoms with van der Waals surface area (Å²) in [7, 11) is -3.32. The lowest BCUT2D eigenvalue weighted by Crippen LogP contribution is -2.51. The van der Waals surface area contributed by atoms with E-state index in [-0.39, 0.29) is 18.0 Å². The highest BCUT2D eigenvalue weighted by Gasteiger charge is 2.41. The van der Waals surface area contributed by atoms with Crippen LogP contribution < -0.4 is 5.32 Å². The van der Waals surface area contributed by atoms with Crippen molar-refractivity contribution in [3.63, 3.8) is 0 Å². The summed E-state index contributed by atoms with van der Waals surface area (Å²) in [5.74, 6) is 1.23. The molecule has 2 aromatic heterocycles. The van der Waals surface area contributed by atoms with Gasteiger partial charge in [-0.1, -0.05) is 24.9 Å². The largest absolute Gasteiger partial charge is 0.390 e. The Morgan fingerprint density at radius 3 is 2.75 bits per heavy atom. The average Bonchev–Trinajstić information content (AvgIpc) is 2.92. The highest BCUT2D eigenvalue weighted by Crippen LogP contribution is 2.46. The molecule has 1 saturated heterocycles. The first kappa shape index (κ1) is 19.8. The predicted molar refractivity (Wildman–Crippen MR) is 106 cm³/mol. The second-order valence-corrected chi connectivity index (χ2v) is 10.2. The number of sulfonamides is 1. The second kappa shape index (κ2) is 7.08. The van der Waals surface area contributed by atoms with Crippen molar-refractivity contribution in [1.82, 2.24) is 23.9 Å². The molecule has 2 atom stereocenters. The van der Waals surface area contributed by atoms with Crippen molar-refractivity contribution in [2.45, 2.75) is 56.6 Å². The lowest BCUT2D eigenvalue weighted by molar-refractivity contribution is 0.0950. The summed E-state index contributed by atoms with van der Waals surface area (Å²) < 4.78 is 26.4. The van der Waals surface area contributed by atoms with E-state index in [1.807, 2.05) is 0 Å². The molecular formula is C17H25ClN6O3S. The van der Waals surface area contributed by atoms with Gasteiger partial charge < -0.3 is 10.4 Å². The number of imidazole rings is 1. The zero-order valence-electron chi connectivity index (χ0n) is 16.0. The van der Waals surface area contributed by atoms with Crippen LogP contribution in [0.2, 0.25) is 5.15 Å². The number of rotatable bonds is 5. The number of aliphatic hydroxyl groups excluding tert-OH is 1. The van der Waals surface area contributed by atoms with Gasteiger partial charge in [-0.3, -0.25) is 0 Å². The lowest BCUT2D eigenvalue weighted by Gasteiger charge is -2.39. The van der Waals surface area contributed by atoms with Crippen molar-refractivity contribution >= 4 is 33.1 Å². The zero-order chi connectivity index (χ0) is 20.1. The first-order chi connectivity index (χ1) is 13.2. The van der Waals surface area contributed by atoms with Gasteiger partial charge in [0.15, 0.2) is 5.15 Å². The number of aromatic nitrogens is 4. The number of nitrogens with zero attached hydrogens (tertiary/aromatic N) is 5. The number of fused-ring (bicyclic) bond motifs is 1. The summed E-state index contributed by atoms with van der Waals surface area (Å²) >= 11 is 6.31. The number of β-amino-alcohol motifs (C(OH)–C–C–N with tert-alkyl or cyclic N) is 1. The van der Waals surface area contributed by atoms with Gasteiger partial charge in [-0.15, -0.1) is 5.10 Å². The SMILES string of the molecule is CCC1(c2nc(Cl)c3cnc(N[C@H]4CCN(S(C)(=O)=O)C[C@H]4O)nn23)CCC1. The minimum Gasteiger partial charge on any atom is -0.390 e. The van der Waals surface area contributed by atoms with E-state index in [0.29, 0.717) is 29.6 Å². The molecule has 154 valence electrons. The highest BCUT2D eigenvalue weighted by molar-refractivity contribution is 7.88. The van der Waals surface area contributed by atoms with Crippen LogP contribution in [0.3, 0.4) is 0 Å². The Labute approximate surface area is 169 Å². The van der Waals surface area contributed by atoms with Gasteiger partial charge in [-0.25, -0.2) is 22.9 Å². The van der Waals surface area contributed by atoms with E-state index in [1.54, 1.807) is 10.7 Å². The maximum atomic E-state index is 11.7. The van der Waals surface area contributed by atoms with E-state index in [4.69, 9.17) is 11.6 Å². The molecular weight excluding hydrogens is 404 g/mol. The number of piperidine rings is 1. The van der Waals surface area contributed by atoms with E-state index < -0.39 is 16.1 Å². The number of anilines is 1. The Kier molecular flexibility index (Phi) is 5.01. The predicted octanol–water partition coefficient (Wildman–Crippen LogP) is 1.42. The smallest absolute Gasteiger partial charge is 0.241 e. The van der Waals surface area contributed by atoms with Crippen LogP contribution in [0.15, 0.2) is 6.20 Å². The lowest BCUT2D eigenvalue weighted by atomic mass is 9.66. The second-order valence-electron chi connectivity index (χ2n) is 7.82.